The molecule has 0 amide bonds. The molecule has 39 atom stereocenters. The van der Waals surface area contributed by atoms with E-state index in [-0.39, 0.29) is 48.7 Å². The summed E-state index contributed by atoms with van der Waals surface area (Å²) in [5, 5.41) is 168. The number of carbonyl (C=O) groups is 1. The van der Waals surface area contributed by atoms with Crippen LogP contribution >= 0.6 is 0 Å². The van der Waals surface area contributed by atoms with Gasteiger partial charge in [-0.25, -0.2) is 4.18 Å². The average molecular weight is 1420 g/mol. The summed E-state index contributed by atoms with van der Waals surface area (Å²) in [5.74, 6) is -1.56. The van der Waals surface area contributed by atoms with Gasteiger partial charge in [0.25, 0.3) is 0 Å². The van der Waals surface area contributed by atoms with Crippen LogP contribution in [0.1, 0.15) is 127 Å². The van der Waals surface area contributed by atoms with Crippen LogP contribution in [-0.4, -0.2) is 305 Å². The summed E-state index contributed by atoms with van der Waals surface area (Å²) in [6.07, 6.45) is -45.3. The largest absolute Gasteiger partial charge is 0.397 e. The third kappa shape index (κ3) is 15.5. The van der Waals surface area contributed by atoms with Gasteiger partial charge in [0.1, 0.15) is 116 Å². The first-order valence-corrected chi connectivity index (χ1v) is 35.5. The molecule has 0 radical (unpaired) electrons. The maximum atomic E-state index is 13.3. The third-order valence-corrected chi connectivity index (χ3v) is 23.6. The molecule has 6 aliphatic heterocycles. The Morgan fingerprint density at radius 3 is 1.66 bits per heavy atom. The molecule has 16 N–H and O–H groups in total. The van der Waals surface area contributed by atoms with Crippen molar-refractivity contribution in [3.8, 4) is 0 Å². The lowest BCUT2D eigenvalue weighted by molar-refractivity contribution is -0.408. The highest BCUT2D eigenvalue weighted by Crippen LogP contribution is 2.68. The molecule has 0 aromatic heterocycles. The predicted molar refractivity (Wildman–Crippen MR) is 326 cm³/mol. The fraction of sp³-hybridized carbons (Fsp3) is 0.953. The Morgan fingerprint density at radius 2 is 1.05 bits per heavy atom. The molecular formula is C64H106O32S. The predicted octanol–water partition coefficient (Wildman–Crippen LogP) is -3.19. The van der Waals surface area contributed by atoms with Crippen LogP contribution in [0.4, 0.5) is 0 Å². The van der Waals surface area contributed by atoms with Crippen molar-refractivity contribution in [3.05, 3.63) is 11.6 Å². The van der Waals surface area contributed by atoms with E-state index in [1.165, 1.54) is 26.3 Å². The Bertz CT molecular complexity index is 2790. The molecule has 560 valence electrons. The van der Waals surface area contributed by atoms with Gasteiger partial charge in [-0.05, 0) is 120 Å². The van der Waals surface area contributed by atoms with E-state index in [4.69, 9.17) is 61.0 Å². The van der Waals surface area contributed by atoms with Gasteiger partial charge in [-0.15, -0.1) is 0 Å². The van der Waals surface area contributed by atoms with Crippen molar-refractivity contribution in [1.29, 1.82) is 0 Å². The van der Waals surface area contributed by atoms with E-state index >= 15 is 0 Å². The quantitative estimate of drug-likeness (QED) is 0.0398. The van der Waals surface area contributed by atoms with Crippen LogP contribution in [0.2, 0.25) is 0 Å². The SMILES string of the molecule is CC(C)CC(=O)C[C@](C)(O)[C@H]1CC[C@H]2[C@@H]3C[C@H](O[C@@H]4O[C@H](C)[C@@H](O)[C@H](O[C@@H]5O[C@H](C)[C@@H](O[C@@H]6O[C@H](CO)[C@H](O)[C@H](O)[C@H]6O[C@@H]6O[C@H](C)[C@H](O)[C@H](O[C@@H]7O[C@H](CO)[C@H](O)[C@H](O)[C@H]7O)[C@H]6O)[C@H](O)[C@H]5O[C@@H]5O[C@H](C)[C@@H](O)[C@H](O)[C@H]5O)[C@H]4C)[C@H]4C[C@@H](OS(=O)(=O)O)CC[C@]4(C)C3=CC[C@@]21C. The highest BCUT2D eigenvalue weighted by molar-refractivity contribution is 7.80. The second-order valence-electron chi connectivity index (χ2n) is 30.3. The average Bonchev–Trinajstić information content (AvgIpc) is 1.68. The normalized spacial score (nSPS) is 52.0. The molecule has 0 aromatic carbocycles. The fourth-order valence-corrected chi connectivity index (χ4v) is 18.3. The monoisotopic (exact) mass is 1420 g/mol. The zero-order valence-electron chi connectivity index (χ0n) is 56.3. The number of aliphatic hydroxyl groups excluding tert-OH is 14. The van der Waals surface area contributed by atoms with E-state index < -0.39 is 242 Å². The fourth-order valence-electron chi connectivity index (χ4n) is 17.8. The topological polar surface area (TPSA) is 495 Å². The van der Waals surface area contributed by atoms with E-state index in [1.54, 1.807) is 20.8 Å². The molecule has 4 aliphatic carbocycles. The standard InChI is InChI=1S/C64H106O32S/c1-23(2)17-29(67)20-64(10,80)38-12-11-32-31-19-35(34-18-30(96-97(81,82)83)13-15-62(34,8)33(31)14-16-63(32,38)9)88-56-24(3)51(40(69)26(5)84-56)91-60-55(95-57-47(76)44(73)39(68)25(4)85-57)49(78)52(28(7)87-60)92-61-54(46(75)43(72)37(22-66)90-61)94-59-50(79)53(41(70)27(6)86-59)93-58-48(77)45(74)42(71)36(21-65)89-58/h14,23-28,30-32,34-61,65-66,68-80H,11-13,15-22H2,1-10H3,(H,81,82,83)/t24-,25-,26-,27-,28-,30+,31+,32+,34-,35+,36-,37-,38+,39-,40-,41+,42+,43+,44+,45+,46+,47-,48-,49+,50-,51-,52-,53+,54-,55-,56+,57+,58+,59+,60+,61+,62-,63+,64+/m1/s1. The lowest BCUT2D eigenvalue weighted by Crippen LogP contribution is -2.68. The number of rotatable bonds is 21. The Balaban J connectivity index is 0.915. The molecule has 9 fully saturated rings. The summed E-state index contributed by atoms with van der Waals surface area (Å²) >= 11 is 0. The van der Waals surface area contributed by atoms with Gasteiger partial charge in [0.15, 0.2) is 37.7 Å². The second-order valence-corrected chi connectivity index (χ2v) is 31.3. The Kier molecular flexibility index (Phi) is 24.3. The number of ketones is 1. The highest BCUT2D eigenvalue weighted by atomic mass is 32.3. The number of fused-ring (bicyclic) bond motifs is 5. The minimum atomic E-state index is -4.88. The highest BCUT2D eigenvalue weighted by Gasteiger charge is 2.64. The van der Waals surface area contributed by atoms with Crippen molar-refractivity contribution in [2.45, 2.75) is 323 Å². The van der Waals surface area contributed by atoms with Gasteiger partial charge in [0.2, 0.25) is 0 Å². The molecule has 6 heterocycles. The lowest BCUT2D eigenvalue weighted by Gasteiger charge is -2.60. The van der Waals surface area contributed by atoms with Crippen molar-refractivity contribution >= 4 is 16.2 Å². The summed E-state index contributed by atoms with van der Waals surface area (Å²) < 4.78 is 114. The smallest absolute Gasteiger partial charge is 0.394 e. The molecular weight excluding hydrogens is 1310 g/mol. The van der Waals surface area contributed by atoms with Gasteiger partial charge in [-0.1, -0.05) is 46.3 Å². The van der Waals surface area contributed by atoms with E-state index in [9.17, 15) is 94.4 Å². The van der Waals surface area contributed by atoms with Crippen molar-refractivity contribution in [2.24, 2.45) is 46.3 Å². The Morgan fingerprint density at radius 1 is 0.557 bits per heavy atom. The molecule has 0 unspecified atom stereocenters. The molecule has 0 bridgehead atoms. The molecule has 32 nitrogen and oxygen atoms in total. The van der Waals surface area contributed by atoms with Crippen molar-refractivity contribution in [1.82, 2.24) is 0 Å². The number of ether oxygens (including phenoxy) is 12. The zero-order valence-corrected chi connectivity index (χ0v) is 57.1. The van der Waals surface area contributed by atoms with Crippen LogP contribution in [0.5, 0.6) is 0 Å². The van der Waals surface area contributed by atoms with Crippen LogP contribution in [0.25, 0.3) is 0 Å². The number of aliphatic hydroxyl groups is 15. The molecule has 0 aromatic rings. The van der Waals surface area contributed by atoms with Gasteiger partial charge in [-0.2, -0.15) is 8.42 Å². The second kappa shape index (κ2) is 30.3. The van der Waals surface area contributed by atoms with E-state index in [1.807, 2.05) is 13.8 Å². The number of Topliss-reactive ketones (excluding diaryl/α,β-unsaturated/α-hetero) is 1. The van der Waals surface area contributed by atoms with Crippen LogP contribution in [0, 0.1) is 46.3 Å². The maximum absolute atomic E-state index is 13.3. The Labute approximate surface area is 563 Å². The number of hydrogen-bond donors (Lipinski definition) is 16. The van der Waals surface area contributed by atoms with Crippen LogP contribution in [0.15, 0.2) is 11.6 Å². The minimum Gasteiger partial charge on any atom is -0.394 e. The first kappa shape index (κ1) is 77.8. The molecule has 3 saturated carbocycles. The maximum Gasteiger partial charge on any atom is 0.397 e. The first-order chi connectivity index (χ1) is 45.3. The number of carbonyl (C=O) groups excluding carboxylic acids is 1. The molecule has 0 spiro atoms. The third-order valence-electron chi connectivity index (χ3n) is 23.1. The van der Waals surface area contributed by atoms with Crippen molar-refractivity contribution in [2.75, 3.05) is 13.2 Å². The van der Waals surface area contributed by atoms with Gasteiger partial charge in [-0.3, -0.25) is 9.35 Å². The van der Waals surface area contributed by atoms with Gasteiger partial charge < -0.3 is 133 Å². The summed E-state index contributed by atoms with van der Waals surface area (Å²) in [5.41, 5.74) is -1.15. The molecule has 6 saturated heterocycles. The summed E-state index contributed by atoms with van der Waals surface area (Å²) in [7, 11) is -4.88. The lowest BCUT2D eigenvalue weighted by atomic mass is 9.47. The molecule has 10 rings (SSSR count). The molecule has 33 heteroatoms. The van der Waals surface area contributed by atoms with Gasteiger partial charge in [0.05, 0.1) is 61.5 Å². The van der Waals surface area contributed by atoms with Gasteiger partial charge in [0, 0.05) is 18.8 Å². The van der Waals surface area contributed by atoms with E-state index in [2.05, 4.69) is 19.9 Å². The van der Waals surface area contributed by atoms with Crippen LogP contribution in [0.3, 0.4) is 0 Å². The summed E-state index contributed by atoms with van der Waals surface area (Å²) in [6.45, 7) is 15.6. The van der Waals surface area contributed by atoms with E-state index in [0.29, 0.717) is 32.1 Å². The van der Waals surface area contributed by atoms with Crippen molar-refractivity contribution < 1.29 is 155 Å². The van der Waals surface area contributed by atoms with Crippen LogP contribution in [-0.2, 0) is 76.2 Å². The van der Waals surface area contributed by atoms with Crippen molar-refractivity contribution in [3.63, 3.8) is 0 Å². The number of hydrogen-bond acceptors (Lipinski definition) is 31. The van der Waals surface area contributed by atoms with Gasteiger partial charge >= 0.3 is 10.4 Å². The first-order valence-electron chi connectivity index (χ1n) is 34.2. The zero-order chi connectivity index (χ0) is 71.2. The number of allylic oxidation sites excluding steroid dienone is 2. The summed E-state index contributed by atoms with van der Waals surface area (Å²) in [6, 6.07) is 0. The summed E-state index contributed by atoms with van der Waals surface area (Å²) in [4.78, 5) is 13.3. The molecule has 10 aliphatic rings. The van der Waals surface area contributed by atoms with E-state index in [0.717, 1.165) is 6.42 Å². The van der Waals surface area contributed by atoms with Crippen LogP contribution < -0.4 is 0 Å². The minimum absolute atomic E-state index is 0.00843. The Hall–Kier alpha value is -1.80. The molecule has 97 heavy (non-hydrogen) atoms.